The molecule has 0 radical (unpaired) electrons. The third kappa shape index (κ3) is 3.77. The highest BCUT2D eigenvalue weighted by Crippen LogP contribution is 2.19. The first-order valence-electron chi connectivity index (χ1n) is 6.20. The predicted molar refractivity (Wildman–Crippen MR) is 67.2 cm³/mol. The monoisotopic (exact) mass is 241 g/mol. The standard InChI is InChI=1S/C14H21F2N/c1-4-5-11(17-3)7-8-12-13(15)9-6-10(2)14(12)16/h6,9,11,17H,4-5,7-8H2,1-3H3. The molecule has 0 spiro atoms. The maximum Gasteiger partial charge on any atom is 0.132 e. The summed E-state index contributed by atoms with van der Waals surface area (Å²) in [5, 5.41) is 3.18. The Morgan fingerprint density at radius 3 is 2.53 bits per heavy atom. The highest BCUT2D eigenvalue weighted by molar-refractivity contribution is 5.26. The van der Waals surface area contributed by atoms with E-state index in [4.69, 9.17) is 0 Å². The van der Waals surface area contributed by atoms with Crippen LogP contribution in [0.5, 0.6) is 0 Å². The maximum absolute atomic E-state index is 13.7. The lowest BCUT2D eigenvalue weighted by Gasteiger charge is -2.15. The lowest BCUT2D eigenvalue weighted by molar-refractivity contribution is 0.468. The molecule has 96 valence electrons. The molecule has 0 amide bonds. The van der Waals surface area contributed by atoms with Gasteiger partial charge >= 0.3 is 0 Å². The van der Waals surface area contributed by atoms with Crippen LogP contribution in [0.1, 0.15) is 37.3 Å². The van der Waals surface area contributed by atoms with Crippen molar-refractivity contribution < 1.29 is 8.78 Å². The average molecular weight is 241 g/mol. The molecule has 0 fully saturated rings. The van der Waals surface area contributed by atoms with Crippen molar-refractivity contribution in [1.82, 2.24) is 5.32 Å². The second-order valence-corrected chi connectivity index (χ2v) is 4.47. The quantitative estimate of drug-likeness (QED) is 0.802. The molecule has 1 nitrogen and oxygen atoms in total. The highest BCUT2D eigenvalue weighted by Gasteiger charge is 2.13. The fourth-order valence-electron chi connectivity index (χ4n) is 2.04. The molecule has 0 saturated heterocycles. The topological polar surface area (TPSA) is 12.0 Å². The van der Waals surface area contributed by atoms with Gasteiger partial charge in [0.25, 0.3) is 0 Å². The van der Waals surface area contributed by atoms with E-state index in [2.05, 4.69) is 12.2 Å². The van der Waals surface area contributed by atoms with Crippen LogP contribution < -0.4 is 5.32 Å². The summed E-state index contributed by atoms with van der Waals surface area (Å²) in [7, 11) is 1.89. The molecule has 0 saturated carbocycles. The molecule has 0 heterocycles. The first-order chi connectivity index (χ1) is 8.10. The molecule has 1 N–H and O–H groups in total. The van der Waals surface area contributed by atoms with Crippen LogP contribution in [-0.2, 0) is 6.42 Å². The fourth-order valence-corrected chi connectivity index (χ4v) is 2.04. The molecule has 1 unspecified atom stereocenters. The van der Waals surface area contributed by atoms with Crippen LogP contribution in [0, 0.1) is 18.6 Å². The number of benzene rings is 1. The second kappa shape index (κ2) is 6.70. The summed E-state index contributed by atoms with van der Waals surface area (Å²) < 4.78 is 27.3. The number of aryl methyl sites for hydroxylation is 1. The Balaban J connectivity index is 2.71. The van der Waals surface area contributed by atoms with E-state index in [9.17, 15) is 8.78 Å². The molecule has 0 aromatic heterocycles. The fraction of sp³-hybridized carbons (Fsp3) is 0.571. The van der Waals surface area contributed by atoms with Crippen LogP contribution >= 0.6 is 0 Å². The minimum atomic E-state index is -0.431. The van der Waals surface area contributed by atoms with Gasteiger partial charge in [-0.05, 0) is 44.9 Å². The van der Waals surface area contributed by atoms with Crippen molar-refractivity contribution >= 4 is 0 Å². The summed E-state index contributed by atoms with van der Waals surface area (Å²) in [5.74, 6) is -0.823. The summed E-state index contributed by atoms with van der Waals surface area (Å²) in [5.41, 5.74) is 0.735. The van der Waals surface area contributed by atoms with Gasteiger partial charge in [-0.2, -0.15) is 0 Å². The number of hydrogen-bond acceptors (Lipinski definition) is 1. The van der Waals surface area contributed by atoms with Crippen molar-refractivity contribution in [2.45, 2.75) is 45.6 Å². The van der Waals surface area contributed by atoms with Gasteiger partial charge in [0.15, 0.2) is 0 Å². The van der Waals surface area contributed by atoms with E-state index in [1.165, 1.54) is 12.1 Å². The van der Waals surface area contributed by atoms with Gasteiger partial charge in [-0.15, -0.1) is 0 Å². The molecular weight excluding hydrogens is 220 g/mol. The summed E-state index contributed by atoms with van der Waals surface area (Å²) in [6.07, 6.45) is 3.32. The Kier molecular flexibility index (Phi) is 5.56. The van der Waals surface area contributed by atoms with Gasteiger partial charge in [-0.3, -0.25) is 0 Å². The largest absolute Gasteiger partial charge is 0.317 e. The van der Waals surface area contributed by atoms with Crippen molar-refractivity contribution in [3.05, 3.63) is 34.9 Å². The van der Waals surface area contributed by atoms with Crippen LogP contribution in [0.3, 0.4) is 0 Å². The number of rotatable bonds is 6. The van der Waals surface area contributed by atoms with Crippen LogP contribution in [0.4, 0.5) is 8.78 Å². The van der Waals surface area contributed by atoms with Gasteiger partial charge in [0.2, 0.25) is 0 Å². The van der Waals surface area contributed by atoms with E-state index >= 15 is 0 Å². The van der Waals surface area contributed by atoms with Crippen molar-refractivity contribution in [2.24, 2.45) is 0 Å². The Morgan fingerprint density at radius 1 is 1.24 bits per heavy atom. The molecular formula is C14H21F2N. The molecule has 1 rings (SSSR count). The van der Waals surface area contributed by atoms with E-state index < -0.39 is 11.6 Å². The lowest BCUT2D eigenvalue weighted by atomic mass is 10.00. The SMILES string of the molecule is CCCC(CCc1c(F)ccc(C)c1F)NC. The third-order valence-electron chi connectivity index (χ3n) is 3.17. The van der Waals surface area contributed by atoms with E-state index in [0.717, 1.165) is 19.3 Å². The summed E-state index contributed by atoms with van der Waals surface area (Å²) in [6.45, 7) is 3.78. The van der Waals surface area contributed by atoms with E-state index in [0.29, 0.717) is 18.0 Å². The molecule has 0 aliphatic carbocycles. The number of nitrogens with one attached hydrogen (secondary N) is 1. The van der Waals surface area contributed by atoms with Crippen molar-refractivity contribution in [2.75, 3.05) is 7.05 Å². The predicted octanol–water partition coefficient (Wildman–Crippen LogP) is 3.59. The average Bonchev–Trinajstić information content (AvgIpc) is 2.32. The molecule has 3 heteroatoms. The molecule has 17 heavy (non-hydrogen) atoms. The summed E-state index contributed by atoms with van der Waals surface area (Å²) in [6, 6.07) is 3.16. The molecule has 1 aromatic rings. The van der Waals surface area contributed by atoms with Crippen molar-refractivity contribution in [3.8, 4) is 0 Å². The summed E-state index contributed by atoms with van der Waals surface area (Å²) >= 11 is 0. The Labute approximate surface area is 102 Å². The van der Waals surface area contributed by atoms with Gasteiger partial charge in [0.1, 0.15) is 11.6 Å². The first kappa shape index (κ1) is 14.1. The number of halogens is 2. The summed E-state index contributed by atoms with van der Waals surface area (Å²) in [4.78, 5) is 0. The zero-order valence-electron chi connectivity index (χ0n) is 10.8. The van der Waals surface area contributed by atoms with Crippen LogP contribution in [0.2, 0.25) is 0 Å². The minimum absolute atomic E-state index is 0.223. The van der Waals surface area contributed by atoms with Crippen LogP contribution in [0.25, 0.3) is 0 Å². The van der Waals surface area contributed by atoms with Gasteiger partial charge in [-0.25, -0.2) is 8.78 Å². The highest BCUT2D eigenvalue weighted by atomic mass is 19.1. The zero-order valence-corrected chi connectivity index (χ0v) is 10.8. The molecule has 0 aliphatic heterocycles. The molecule has 1 atom stereocenters. The van der Waals surface area contributed by atoms with Gasteiger partial charge in [0, 0.05) is 11.6 Å². The normalized spacial score (nSPS) is 12.8. The van der Waals surface area contributed by atoms with Crippen molar-refractivity contribution in [1.29, 1.82) is 0 Å². The van der Waals surface area contributed by atoms with E-state index in [-0.39, 0.29) is 5.56 Å². The van der Waals surface area contributed by atoms with Crippen molar-refractivity contribution in [3.63, 3.8) is 0 Å². The van der Waals surface area contributed by atoms with Gasteiger partial charge in [-0.1, -0.05) is 19.4 Å². The van der Waals surface area contributed by atoms with E-state index in [1.54, 1.807) is 6.92 Å². The Hall–Kier alpha value is -0.960. The Bertz CT molecular complexity index is 363. The zero-order chi connectivity index (χ0) is 12.8. The third-order valence-corrected chi connectivity index (χ3v) is 3.17. The van der Waals surface area contributed by atoms with Crippen LogP contribution in [-0.4, -0.2) is 13.1 Å². The molecule has 1 aromatic carbocycles. The Morgan fingerprint density at radius 2 is 1.94 bits per heavy atom. The first-order valence-corrected chi connectivity index (χ1v) is 6.20. The van der Waals surface area contributed by atoms with E-state index in [1.807, 2.05) is 7.05 Å². The minimum Gasteiger partial charge on any atom is -0.317 e. The van der Waals surface area contributed by atoms with Gasteiger partial charge < -0.3 is 5.32 Å². The molecule has 0 aliphatic rings. The number of hydrogen-bond donors (Lipinski definition) is 1. The molecule has 0 bridgehead atoms. The smallest absolute Gasteiger partial charge is 0.132 e. The van der Waals surface area contributed by atoms with Crippen LogP contribution in [0.15, 0.2) is 12.1 Å². The second-order valence-electron chi connectivity index (χ2n) is 4.47. The van der Waals surface area contributed by atoms with Gasteiger partial charge in [0.05, 0.1) is 0 Å². The lowest BCUT2D eigenvalue weighted by Crippen LogP contribution is -2.25. The maximum atomic E-state index is 13.7.